The Morgan fingerprint density at radius 3 is 2.48 bits per heavy atom. The third-order valence-electron chi connectivity index (χ3n) is 5.02. The lowest BCUT2D eigenvalue weighted by Crippen LogP contribution is -2.35. The van der Waals surface area contributed by atoms with Gasteiger partial charge in [-0.05, 0) is 47.7 Å². The molecule has 0 saturated carbocycles. The highest BCUT2D eigenvalue weighted by Gasteiger charge is 2.43. The molecule has 5 nitrogen and oxygen atoms in total. The average Bonchev–Trinajstić information content (AvgIpc) is 3.01. The summed E-state index contributed by atoms with van der Waals surface area (Å²) in [7, 11) is 0. The first-order valence-corrected chi connectivity index (χ1v) is 10.4. The van der Waals surface area contributed by atoms with E-state index in [0.29, 0.717) is 16.1 Å². The second-order valence-electron chi connectivity index (χ2n) is 6.97. The van der Waals surface area contributed by atoms with Gasteiger partial charge < -0.3 is 5.32 Å². The van der Waals surface area contributed by atoms with Crippen molar-refractivity contribution in [2.45, 2.75) is 29.3 Å². The Bertz CT molecular complexity index is 1170. The number of nitrogens with one attached hydrogen (secondary N) is 1. The van der Waals surface area contributed by atoms with Crippen LogP contribution >= 0.6 is 23.4 Å². The number of anilines is 1. The zero-order valence-electron chi connectivity index (χ0n) is 16.0. The van der Waals surface area contributed by atoms with E-state index >= 15 is 0 Å². The number of para-hydroxylation sites is 1. The van der Waals surface area contributed by atoms with Gasteiger partial charge in [0.15, 0.2) is 0 Å². The summed E-state index contributed by atoms with van der Waals surface area (Å²) in [6.45, 7) is 1.78. The van der Waals surface area contributed by atoms with Crippen LogP contribution in [0.3, 0.4) is 0 Å². The third kappa shape index (κ3) is 4.20. The van der Waals surface area contributed by atoms with Crippen LogP contribution < -0.4 is 10.2 Å². The van der Waals surface area contributed by atoms with Crippen LogP contribution in [0.25, 0.3) is 10.9 Å². The lowest BCUT2D eigenvalue weighted by molar-refractivity contribution is -0.118. The van der Waals surface area contributed by atoms with Crippen LogP contribution in [0, 0.1) is 0 Å². The number of nitrogens with zero attached hydrogens (tertiary/aromatic N) is 2. The number of carbonyl (C=O) groups excluding carboxylic acids is 2. The number of amides is 3. The summed E-state index contributed by atoms with van der Waals surface area (Å²) in [5.74, 6) is -0.979. The smallest absolute Gasteiger partial charge is 0.325 e. The predicted octanol–water partition coefficient (Wildman–Crippen LogP) is 5.73. The molecule has 10 heteroatoms. The summed E-state index contributed by atoms with van der Waals surface area (Å²) in [6.07, 6.45) is 1.51. The molecule has 2 heterocycles. The number of benzene rings is 2. The second kappa shape index (κ2) is 8.05. The van der Waals surface area contributed by atoms with Crippen LogP contribution in [0.1, 0.15) is 18.4 Å². The van der Waals surface area contributed by atoms with Gasteiger partial charge in [0.2, 0.25) is 0 Å². The van der Waals surface area contributed by atoms with Crippen molar-refractivity contribution in [3.8, 4) is 0 Å². The molecular formula is C21H15ClF3N3O2S. The summed E-state index contributed by atoms with van der Waals surface area (Å²) < 4.78 is 37.6. The lowest BCUT2D eigenvalue weighted by atomic mass is 9.90. The van der Waals surface area contributed by atoms with Crippen molar-refractivity contribution in [1.82, 2.24) is 10.3 Å². The number of thioether (sulfide) groups is 1. The Morgan fingerprint density at radius 1 is 1.13 bits per heavy atom. The zero-order valence-corrected chi connectivity index (χ0v) is 17.6. The SMILES string of the molecule is CC(c1c(Cl)cnc2ccccc12)C1NC(=O)N(c2ccc(SC(F)(F)F)cc2)C1=O. The number of hydrogen-bond acceptors (Lipinski definition) is 4. The fourth-order valence-electron chi connectivity index (χ4n) is 3.65. The summed E-state index contributed by atoms with van der Waals surface area (Å²) in [5.41, 5.74) is -2.84. The quantitative estimate of drug-likeness (QED) is 0.395. The van der Waals surface area contributed by atoms with E-state index in [-0.39, 0.29) is 22.3 Å². The number of carbonyl (C=O) groups is 2. The maximum atomic E-state index is 13.1. The molecule has 1 aliphatic rings. The Labute approximate surface area is 184 Å². The van der Waals surface area contributed by atoms with E-state index < -0.39 is 29.4 Å². The van der Waals surface area contributed by atoms with E-state index in [1.54, 1.807) is 6.92 Å². The molecule has 160 valence electrons. The van der Waals surface area contributed by atoms with Gasteiger partial charge in [-0.3, -0.25) is 9.78 Å². The number of alkyl halides is 3. The number of aromatic nitrogens is 1. The molecule has 2 atom stereocenters. The maximum Gasteiger partial charge on any atom is 0.446 e. The molecule has 1 aliphatic heterocycles. The summed E-state index contributed by atoms with van der Waals surface area (Å²) >= 11 is 6.12. The molecule has 31 heavy (non-hydrogen) atoms. The summed E-state index contributed by atoms with van der Waals surface area (Å²) in [6, 6.07) is 10.9. The molecular weight excluding hydrogens is 451 g/mol. The summed E-state index contributed by atoms with van der Waals surface area (Å²) in [4.78, 5) is 30.8. The van der Waals surface area contributed by atoms with Gasteiger partial charge in [-0.1, -0.05) is 36.7 Å². The molecule has 2 aromatic carbocycles. The normalized spacial score (nSPS) is 17.8. The minimum absolute atomic E-state index is 0.0386. The molecule has 1 saturated heterocycles. The molecule has 0 radical (unpaired) electrons. The first-order chi connectivity index (χ1) is 14.7. The number of pyridine rings is 1. The van der Waals surface area contributed by atoms with Crippen molar-refractivity contribution < 1.29 is 22.8 Å². The topological polar surface area (TPSA) is 62.3 Å². The third-order valence-corrected chi connectivity index (χ3v) is 6.06. The number of hydrogen-bond donors (Lipinski definition) is 1. The van der Waals surface area contributed by atoms with E-state index in [0.717, 1.165) is 10.3 Å². The van der Waals surface area contributed by atoms with Crippen LogP contribution in [0.4, 0.5) is 23.7 Å². The molecule has 4 rings (SSSR count). The highest BCUT2D eigenvalue weighted by molar-refractivity contribution is 8.00. The van der Waals surface area contributed by atoms with Crippen molar-refractivity contribution in [3.63, 3.8) is 0 Å². The number of imide groups is 1. The van der Waals surface area contributed by atoms with Crippen molar-refractivity contribution in [2.75, 3.05) is 4.90 Å². The van der Waals surface area contributed by atoms with Gasteiger partial charge in [0.1, 0.15) is 6.04 Å². The number of rotatable bonds is 4. The molecule has 1 aromatic heterocycles. The van der Waals surface area contributed by atoms with Gasteiger partial charge >= 0.3 is 11.5 Å². The van der Waals surface area contributed by atoms with Crippen molar-refractivity contribution >= 4 is 51.9 Å². The second-order valence-corrected chi connectivity index (χ2v) is 8.51. The molecule has 3 amide bonds. The molecule has 1 fully saturated rings. The van der Waals surface area contributed by atoms with Crippen LogP contribution in [0.2, 0.25) is 5.02 Å². The average molecular weight is 466 g/mol. The summed E-state index contributed by atoms with van der Waals surface area (Å²) in [5, 5.41) is 3.82. The molecule has 1 N–H and O–H groups in total. The van der Waals surface area contributed by atoms with Gasteiger partial charge in [0, 0.05) is 22.4 Å². The highest BCUT2D eigenvalue weighted by Crippen LogP contribution is 2.38. The minimum Gasteiger partial charge on any atom is -0.325 e. The molecule has 0 spiro atoms. The Balaban J connectivity index is 1.63. The first kappa shape index (κ1) is 21.5. The molecule has 0 bridgehead atoms. The van der Waals surface area contributed by atoms with Crippen LogP contribution in [-0.4, -0.2) is 28.5 Å². The lowest BCUT2D eigenvalue weighted by Gasteiger charge is -2.21. The van der Waals surface area contributed by atoms with Gasteiger partial charge in [-0.25, -0.2) is 9.69 Å². The highest BCUT2D eigenvalue weighted by atomic mass is 35.5. The number of halogens is 4. The van der Waals surface area contributed by atoms with E-state index in [9.17, 15) is 22.8 Å². The van der Waals surface area contributed by atoms with E-state index in [2.05, 4.69) is 10.3 Å². The first-order valence-electron chi connectivity index (χ1n) is 9.19. The van der Waals surface area contributed by atoms with E-state index in [1.165, 1.54) is 30.5 Å². The van der Waals surface area contributed by atoms with E-state index in [4.69, 9.17) is 11.6 Å². The Kier molecular flexibility index (Phi) is 5.57. The van der Waals surface area contributed by atoms with Gasteiger partial charge in [-0.2, -0.15) is 13.2 Å². The fourth-order valence-corrected chi connectivity index (χ4v) is 4.51. The van der Waals surface area contributed by atoms with Crippen molar-refractivity contribution in [1.29, 1.82) is 0 Å². The van der Waals surface area contributed by atoms with Crippen molar-refractivity contribution in [2.24, 2.45) is 0 Å². The fraction of sp³-hybridized carbons (Fsp3) is 0.190. The predicted molar refractivity (Wildman–Crippen MR) is 113 cm³/mol. The zero-order chi connectivity index (χ0) is 22.3. The van der Waals surface area contributed by atoms with Crippen LogP contribution in [0.15, 0.2) is 59.6 Å². The number of urea groups is 1. The van der Waals surface area contributed by atoms with Gasteiger partial charge in [0.05, 0.1) is 16.2 Å². The molecule has 3 aromatic rings. The standard InChI is InChI=1S/C21H15ClF3N3O2S/c1-11(17-14-4-2-3-5-16(14)26-10-15(17)22)18-19(29)28(20(30)27-18)12-6-8-13(9-7-12)31-21(23,24)25/h2-11,18H,1H3,(H,27,30). The van der Waals surface area contributed by atoms with Gasteiger partial charge in [-0.15, -0.1) is 0 Å². The van der Waals surface area contributed by atoms with Crippen LogP contribution in [0.5, 0.6) is 0 Å². The molecule has 2 unspecified atom stereocenters. The minimum atomic E-state index is -4.42. The Morgan fingerprint density at radius 2 is 1.81 bits per heavy atom. The number of fused-ring (bicyclic) bond motifs is 1. The van der Waals surface area contributed by atoms with Crippen molar-refractivity contribution in [3.05, 3.63) is 65.3 Å². The van der Waals surface area contributed by atoms with E-state index in [1.807, 2.05) is 24.3 Å². The van der Waals surface area contributed by atoms with Gasteiger partial charge in [0.25, 0.3) is 5.91 Å². The molecule has 0 aliphatic carbocycles. The maximum absolute atomic E-state index is 13.1. The Hall–Kier alpha value is -2.78. The largest absolute Gasteiger partial charge is 0.446 e. The van der Waals surface area contributed by atoms with Crippen LogP contribution in [-0.2, 0) is 4.79 Å². The monoisotopic (exact) mass is 465 g/mol.